The highest BCUT2D eigenvalue weighted by molar-refractivity contribution is 6.46. The topological polar surface area (TPSA) is 40.6 Å². The number of carbonyl (C=O) groups is 2. The van der Waals surface area contributed by atoms with E-state index in [9.17, 15) is 9.59 Å². The van der Waals surface area contributed by atoms with Crippen molar-refractivity contribution in [1.29, 1.82) is 0 Å². The lowest BCUT2D eigenvalue weighted by Crippen LogP contribution is -2.37. The molecule has 0 bridgehead atoms. The molecule has 5 rings (SSSR count). The first-order chi connectivity index (χ1) is 15.1. The summed E-state index contributed by atoms with van der Waals surface area (Å²) < 4.78 is 0. The molecule has 3 aromatic carbocycles. The Bertz CT molecular complexity index is 1230. The molecule has 0 fully saturated rings. The van der Waals surface area contributed by atoms with Crippen LogP contribution in [0.1, 0.15) is 28.7 Å². The highest BCUT2D eigenvalue weighted by atomic mass is 16.2. The summed E-state index contributed by atoms with van der Waals surface area (Å²) in [6.07, 6.45) is 1.91. The number of para-hydroxylation sites is 1. The van der Waals surface area contributed by atoms with Crippen molar-refractivity contribution in [2.75, 3.05) is 16.3 Å². The predicted molar refractivity (Wildman–Crippen MR) is 124 cm³/mol. The highest BCUT2D eigenvalue weighted by Gasteiger charge is 2.44. The monoisotopic (exact) mass is 408 g/mol. The Morgan fingerprint density at radius 2 is 1.45 bits per heavy atom. The van der Waals surface area contributed by atoms with Gasteiger partial charge in [-0.05, 0) is 61.1 Å². The second-order valence-electron chi connectivity index (χ2n) is 8.14. The van der Waals surface area contributed by atoms with E-state index in [4.69, 9.17) is 0 Å². The van der Waals surface area contributed by atoms with Gasteiger partial charge in [0, 0.05) is 12.2 Å². The molecule has 0 unspecified atom stereocenters. The fourth-order valence-corrected chi connectivity index (χ4v) is 4.60. The van der Waals surface area contributed by atoms with Crippen molar-refractivity contribution in [3.8, 4) is 0 Å². The molecule has 31 heavy (non-hydrogen) atoms. The zero-order valence-corrected chi connectivity index (χ0v) is 17.8. The summed E-state index contributed by atoms with van der Waals surface area (Å²) in [5.41, 5.74) is 6.59. The van der Waals surface area contributed by atoms with Gasteiger partial charge in [-0.2, -0.15) is 0 Å². The Balaban J connectivity index is 1.72. The van der Waals surface area contributed by atoms with Gasteiger partial charge in [0.25, 0.3) is 11.8 Å². The van der Waals surface area contributed by atoms with Crippen LogP contribution in [-0.4, -0.2) is 18.4 Å². The number of aryl methyl sites for hydroxylation is 2. The molecule has 0 spiro atoms. The van der Waals surface area contributed by atoms with Crippen molar-refractivity contribution >= 4 is 28.8 Å². The van der Waals surface area contributed by atoms with Crippen LogP contribution >= 0.6 is 0 Å². The molecule has 0 atom stereocenters. The van der Waals surface area contributed by atoms with Crippen molar-refractivity contribution < 1.29 is 9.59 Å². The third-order valence-electron chi connectivity index (χ3n) is 6.32. The van der Waals surface area contributed by atoms with Crippen LogP contribution in [0.15, 0.2) is 78.5 Å². The molecule has 0 saturated heterocycles. The molecule has 2 aliphatic rings. The number of hydrogen-bond donors (Lipinski definition) is 0. The standard InChI is InChI=1S/C27H24N2O2/c1-18-10-8-16-22(19(18)2)29-26(30)24(21-12-4-3-5-13-21)25(27(29)31)28-17-9-14-20-11-6-7-15-23(20)28/h3-8,10-13,15-16H,9,14,17H2,1-2H3. The quantitative estimate of drug-likeness (QED) is 0.570. The van der Waals surface area contributed by atoms with E-state index in [0.717, 1.165) is 35.2 Å². The fourth-order valence-electron chi connectivity index (χ4n) is 4.60. The van der Waals surface area contributed by atoms with Crippen molar-refractivity contribution in [3.05, 3.63) is 101 Å². The molecular weight excluding hydrogens is 384 g/mol. The minimum atomic E-state index is -0.261. The molecule has 0 radical (unpaired) electrons. The van der Waals surface area contributed by atoms with Gasteiger partial charge >= 0.3 is 0 Å². The Morgan fingerprint density at radius 1 is 0.742 bits per heavy atom. The van der Waals surface area contributed by atoms with E-state index in [0.29, 0.717) is 23.5 Å². The summed E-state index contributed by atoms with van der Waals surface area (Å²) in [5, 5.41) is 0. The van der Waals surface area contributed by atoms with E-state index in [-0.39, 0.29) is 11.8 Å². The molecule has 2 heterocycles. The minimum absolute atomic E-state index is 0.255. The van der Waals surface area contributed by atoms with E-state index in [1.807, 2.05) is 85.5 Å². The minimum Gasteiger partial charge on any atom is -0.336 e. The maximum atomic E-state index is 13.9. The summed E-state index contributed by atoms with van der Waals surface area (Å²) in [7, 11) is 0. The number of anilines is 2. The van der Waals surface area contributed by atoms with Crippen LogP contribution < -0.4 is 9.80 Å². The number of fused-ring (bicyclic) bond motifs is 1. The first-order valence-electron chi connectivity index (χ1n) is 10.7. The molecule has 4 nitrogen and oxygen atoms in total. The molecule has 0 saturated carbocycles. The van der Waals surface area contributed by atoms with Crippen molar-refractivity contribution in [1.82, 2.24) is 0 Å². The van der Waals surface area contributed by atoms with E-state index in [2.05, 4.69) is 6.07 Å². The molecule has 154 valence electrons. The van der Waals surface area contributed by atoms with Gasteiger partial charge in [-0.3, -0.25) is 9.59 Å². The van der Waals surface area contributed by atoms with Crippen LogP contribution in [0.2, 0.25) is 0 Å². The lowest BCUT2D eigenvalue weighted by atomic mass is 9.98. The predicted octanol–water partition coefficient (Wildman–Crippen LogP) is 5.04. The largest absolute Gasteiger partial charge is 0.336 e. The molecule has 2 aliphatic heterocycles. The van der Waals surface area contributed by atoms with Crippen molar-refractivity contribution in [2.45, 2.75) is 26.7 Å². The summed E-state index contributed by atoms with van der Waals surface area (Å²) >= 11 is 0. The lowest BCUT2D eigenvalue weighted by molar-refractivity contribution is -0.120. The number of amides is 2. The van der Waals surface area contributed by atoms with Gasteiger partial charge < -0.3 is 4.90 Å². The summed E-state index contributed by atoms with van der Waals surface area (Å²) in [6, 6.07) is 23.5. The molecule has 0 N–H and O–H groups in total. The number of carbonyl (C=O) groups excluding carboxylic acids is 2. The van der Waals surface area contributed by atoms with Crippen LogP contribution in [0, 0.1) is 13.8 Å². The number of nitrogens with zero attached hydrogens (tertiary/aromatic N) is 2. The normalized spacial score (nSPS) is 16.2. The Labute approximate surface area is 182 Å². The van der Waals surface area contributed by atoms with Gasteiger partial charge in [0.1, 0.15) is 5.70 Å². The number of benzene rings is 3. The molecular formula is C27H24N2O2. The van der Waals surface area contributed by atoms with Crippen LogP contribution in [-0.2, 0) is 16.0 Å². The van der Waals surface area contributed by atoms with Crippen LogP contribution in [0.3, 0.4) is 0 Å². The average Bonchev–Trinajstić information content (AvgIpc) is 3.06. The van der Waals surface area contributed by atoms with Gasteiger partial charge in [-0.15, -0.1) is 0 Å². The van der Waals surface area contributed by atoms with Crippen LogP contribution in [0.5, 0.6) is 0 Å². The van der Waals surface area contributed by atoms with Gasteiger partial charge in [-0.25, -0.2) is 4.90 Å². The fraction of sp³-hybridized carbons (Fsp3) is 0.185. The molecule has 4 heteroatoms. The maximum Gasteiger partial charge on any atom is 0.282 e. The Morgan fingerprint density at radius 3 is 2.26 bits per heavy atom. The zero-order chi connectivity index (χ0) is 21.5. The third-order valence-corrected chi connectivity index (χ3v) is 6.32. The SMILES string of the molecule is Cc1cccc(N2C(=O)C(c3ccccc3)=C(N3CCCc4ccccc43)C2=O)c1C. The van der Waals surface area contributed by atoms with Crippen molar-refractivity contribution in [3.63, 3.8) is 0 Å². The molecule has 0 aliphatic carbocycles. The van der Waals surface area contributed by atoms with Gasteiger partial charge in [-0.1, -0.05) is 60.7 Å². The molecule has 0 aromatic heterocycles. The van der Waals surface area contributed by atoms with Crippen LogP contribution in [0.25, 0.3) is 5.57 Å². The second-order valence-corrected chi connectivity index (χ2v) is 8.14. The van der Waals surface area contributed by atoms with E-state index >= 15 is 0 Å². The molecule has 2 amide bonds. The van der Waals surface area contributed by atoms with Gasteiger partial charge in [0.2, 0.25) is 0 Å². The van der Waals surface area contributed by atoms with E-state index in [1.54, 1.807) is 0 Å². The number of hydrogen-bond acceptors (Lipinski definition) is 3. The Kier molecular flexibility index (Phi) is 4.70. The number of imide groups is 1. The average molecular weight is 409 g/mol. The summed E-state index contributed by atoms with van der Waals surface area (Å²) in [5.74, 6) is -0.516. The highest BCUT2D eigenvalue weighted by Crippen LogP contribution is 2.40. The zero-order valence-electron chi connectivity index (χ0n) is 17.8. The molecule has 3 aromatic rings. The van der Waals surface area contributed by atoms with Crippen molar-refractivity contribution in [2.24, 2.45) is 0 Å². The van der Waals surface area contributed by atoms with Gasteiger partial charge in [0.15, 0.2) is 0 Å². The number of rotatable bonds is 3. The lowest BCUT2D eigenvalue weighted by Gasteiger charge is -2.32. The van der Waals surface area contributed by atoms with E-state index < -0.39 is 0 Å². The van der Waals surface area contributed by atoms with E-state index in [1.165, 1.54) is 10.5 Å². The Hall–Kier alpha value is -3.66. The summed E-state index contributed by atoms with van der Waals surface area (Å²) in [6.45, 7) is 4.67. The first kappa shape index (κ1) is 19.3. The second kappa shape index (κ2) is 7.55. The summed E-state index contributed by atoms with van der Waals surface area (Å²) in [4.78, 5) is 31.1. The third kappa shape index (κ3) is 3.07. The van der Waals surface area contributed by atoms with Gasteiger partial charge in [0.05, 0.1) is 11.3 Å². The first-order valence-corrected chi connectivity index (χ1v) is 10.7. The van der Waals surface area contributed by atoms with Crippen LogP contribution in [0.4, 0.5) is 11.4 Å². The maximum absolute atomic E-state index is 13.9. The smallest absolute Gasteiger partial charge is 0.282 e.